The van der Waals surface area contributed by atoms with Gasteiger partial charge >= 0.3 is 5.97 Å². The van der Waals surface area contributed by atoms with Gasteiger partial charge in [0, 0.05) is 6.54 Å². The third kappa shape index (κ3) is 8.06. The minimum absolute atomic E-state index is 0.421. The smallest absolute Gasteiger partial charge is 0.309 e. The molecule has 238 valence electrons. The van der Waals surface area contributed by atoms with E-state index in [4.69, 9.17) is 37.1 Å². The highest BCUT2D eigenvalue weighted by Gasteiger charge is 2.49. The van der Waals surface area contributed by atoms with Crippen LogP contribution in [0.15, 0.2) is 0 Å². The van der Waals surface area contributed by atoms with Crippen LogP contribution in [-0.2, 0) is 28.6 Å². The van der Waals surface area contributed by atoms with E-state index in [2.05, 4.69) is 0 Å². The second kappa shape index (κ2) is 14.9. The number of rotatable bonds is 13. The number of aliphatic carboxylic acids is 1. The van der Waals surface area contributed by atoms with Crippen molar-refractivity contribution >= 4 is 17.8 Å². The maximum Gasteiger partial charge on any atom is 0.309 e. The Balaban J connectivity index is 2.35. The van der Waals surface area contributed by atoms with E-state index in [0.717, 1.165) is 4.90 Å². The first-order valence-electron chi connectivity index (χ1n) is 13.1. The molecule has 15 N–H and O–H groups in total. The molecule has 18 nitrogen and oxygen atoms in total. The summed E-state index contributed by atoms with van der Waals surface area (Å²) in [6.07, 6.45) is -13.5. The van der Waals surface area contributed by atoms with Gasteiger partial charge in [0.1, 0.15) is 42.7 Å². The molecule has 2 aliphatic rings. The van der Waals surface area contributed by atoms with Crippen LogP contribution in [0.25, 0.3) is 0 Å². The molecule has 2 amide bonds. The molecule has 2 heterocycles. The molecule has 0 radical (unpaired) electrons. The van der Waals surface area contributed by atoms with E-state index in [1.165, 1.54) is 13.8 Å². The van der Waals surface area contributed by atoms with Gasteiger partial charge in [0.25, 0.3) is 0 Å². The molecule has 2 aliphatic heterocycles. The van der Waals surface area contributed by atoms with Crippen molar-refractivity contribution in [3.05, 3.63) is 0 Å². The highest BCUT2D eigenvalue weighted by atomic mass is 16.6. The molecule has 0 aromatic rings. The summed E-state index contributed by atoms with van der Waals surface area (Å²) in [6, 6.07) is -5.53. The Morgan fingerprint density at radius 3 is 1.98 bits per heavy atom. The van der Waals surface area contributed by atoms with Crippen molar-refractivity contribution in [3.63, 3.8) is 0 Å². The number of aliphatic hydroxyl groups excluding tert-OH is 6. The number of nitrogens with two attached hydrogens (primary N) is 4. The minimum Gasteiger partial charge on any atom is -0.481 e. The summed E-state index contributed by atoms with van der Waals surface area (Å²) in [5, 5.41) is 69.9. The van der Waals surface area contributed by atoms with Crippen LogP contribution in [0.3, 0.4) is 0 Å². The molecule has 0 aliphatic carbocycles. The lowest BCUT2D eigenvalue weighted by molar-refractivity contribution is -0.263. The fourth-order valence-electron chi connectivity index (χ4n) is 5.04. The first-order chi connectivity index (χ1) is 19.1. The van der Waals surface area contributed by atoms with Crippen molar-refractivity contribution in [1.29, 1.82) is 0 Å². The number of carbonyl (C=O) groups excluding carboxylic acids is 2. The molecule has 18 heteroatoms. The maximum absolute atomic E-state index is 13.1. The summed E-state index contributed by atoms with van der Waals surface area (Å²) in [5.74, 6) is -5.14. The first kappa shape index (κ1) is 35.1. The number of amides is 2. The highest BCUT2D eigenvalue weighted by Crippen LogP contribution is 2.29. The van der Waals surface area contributed by atoms with Gasteiger partial charge in [0.05, 0.1) is 49.5 Å². The average Bonchev–Trinajstić information content (AvgIpc) is 2.91. The fourth-order valence-corrected chi connectivity index (χ4v) is 5.04. The van der Waals surface area contributed by atoms with Crippen molar-refractivity contribution in [2.24, 2.45) is 28.9 Å². The van der Waals surface area contributed by atoms with Crippen molar-refractivity contribution in [1.82, 2.24) is 4.90 Å². The summed E-state index contributed by atoms with van der Waals surface area (Å²) < 4.78 is 16.3. The number of nitrogens with zero attached hydrogens (tertiary/aromatic N) is 1. The Kier molecular flexibility index (Phi) is 12.8. The van der Waals surface area contributed by atoms with E-state index in [0.29, 0.717) is 0 Å². The topological polar surface area (TPSA) is 328 Å². The molecular weight excluding hydrogens is 554 g/mol. The summed E-state index contributed by atoms with van der Waals surface area (Å²) >= 11 is 0. The van der Waals surface area contributed by atoms with Gasteiger partial charge in [-0.2, -0.15) is 0 Å². The van der Waals surface area contributed by atoms with Crippen LogP contribution in [-0.4, -0.2) is 157 Å². The number of aliphatic hydroxyl groups is 6. The second-order valence-corrected chi connectivity index (χ2v) is 10.5. The van der Waals surface area contributed by atoms with Gasteiger partial charge in [0.2, 0.25) is 11.8 Å². The molecule has 14 atom stereocenters. The first-order valence-corrected chi connectivity index (χ1v) is 13.1. The van der Waals surface area contributed by atoms with Gasteiger partial charge in [-0.25, -0.2) is 0 Å². The molecule has 0 aromatic carbocycles. The van der Waals surface area contributed by atoms with Gasteiger partial charge < -0.3 is 77.8 Å². The van der Waals surface area contributed by atoms with Crippen LogP contribution in [0, 0.1) is 5.92 Å². The number of hydrogen-bond acceptors (Lipinski definition) is 15. The summed E-state index contributed by atoms with van der Waals surface area (Å²) in [5.41, 5.74) is 23.2. The Labute approximate surface area is 235 Å². The van der Waals surface area contributed by atoms with Crippen LogP contribution in [0.4, 0.5) is 0 Å². The molecule has 0 aromatic heterocycles. The largest absolute Gasteiger partial charge is 0.481 e. The second-order valence-electron chi connectivity index (χ2n) is 10.5. The SMILES string of the molecule is CC(CN(C(=O)[C@H](C)N)[C@H](CC(C(=O)O)C1O[C@H](CO)[C@@H](O)[C@H](O)[C@H]1N)C(N)=O)O[C@@H]1[C@@H](N)[C@@H](O)O[C@H](CO)[C@H]1O. The average molecular weight is 598 g/mol. The van der Waals surface area contributed by atoms with Crippen molar-refractivity contribution in [2.45, 2.75) is 99.6 Å². The van der Waals surface area contributed by atoms with E-state index < -0.39 is 129 Å². The summed E-state index contributed by atoms with van der Waals surface area (Å²) in [7, 11) is 0. The van der Waals surface area contributed by atoms with E-state index >= 15 is 0 Å². The van der Waals surface area contributed by atoms with Crippen LogP contribution >= 0.6 is 0 Å². The van der Waals surface area contributed by atoms with Crippen LogP contribution in [0.2, 0.25) is 0 Å². The lowest BCUT2D eigenvalue weighted by Crippen LogP contribution is -2.65. The zero-order valence-corrected chi connectivity index (χ0v) is 22.7. The van der Waals surface area contributed by atoms with E-state index in [9.17, 15) is 50.1 Å². The van der Waals surface area contributed by atoms with Gasteiger partial charge in [-0.05, 0) is 20.3 Å². The highest BCUT2D eigenvalue weighted by molar-refractivity contribution is 5.89. The Morgan fingerprint density at radius 1 is 0.927 bits per heavy atom. The van der Waals surface area contributed by atoms with Crippen LogP contribution in [0.5, 0.6) is 0 Å². The standard InChI is InChI=1S/C23H43N5O13/c1-7(39-19-14(26)23(38)41-12(6-30)16(19)32)4-28(21(35)8(2)24)10(20(27)34)3-9(22(36)37)18-13(25)17(33)15(31)11(5-29)40-18/h7-19,23,29-33,38H,3-6,24-26H2,1-2H3,(H2,27,34)(H,36,37)/t7?,8-,9?,10+,11+,12+,13+,14+,15+,16+,17+,18?,19+,23-/m0/s1. The van der Waals surface area contributed by atoms with Crippen molar-refractivity contribution < 1.29 is 64.3 Å². The number of carbonyl (C=O) groups is 3. The number of ether oxygens (including phenoxy) is 3. The molecule has 0 spiro atoms. The van der Waals surface area contributed by atoms with E-state index in [1.54, 1.807) is 0 Å². The zero-order chi connectivity index (χ0) is 31.3. The molecular formula is C23H43N5O13. The maximum atomic E-state index is 13.1. The lowest BCUT2D eigenvalue weighted by Gasteiger charge is -2.44. The predicted molar refractivity (Wildman–Crippen MR) is 136 cm³/mol. The molecule has 2 rings (SSSR count). The number of primary amides is 1. The molecule has 3 unspecified atom stereocenters. The molecule has 0 saturated carbocycles. The Bertz CT molecular complexity index is 898. The summed E-state index contributed by atoms with van der Waals surface area (Å²) in [6.45, 7) is 0.895. The fraction of sp³-hybridized carbons (Fsp3) is 0.870. The monoisotopic (exact) mass is 597 g/mol. The van der Waals surface area contributed by atoms with E-state index in [-0.39, 0.29) is 0 Å². The van der Waals surface area contributed by atoms with Gasteiger partial charge in [-0.1, -0.05) is 0 Å². The molecule has 0 bridgehead atoms. The number of carboxylic acids is 1. The Hall–Kier alpha value is -2.07. The van der Waals surface area contributed by atoms with Gasteiger partial charge in [0.15, 0.2) is 6.29 Å². The number of hydrogen-bond donors (Lipinski definition) is 11. The zero-order valence-electron chi connectivity index (χ0n) is 22.7. The normalized spacial score (nSPS) is 37.0. The van der Waals surface area contributed by atoms with Gasteiger partial charge in [-0.3, -0.25) is 14.4 Å². The Morgan fingerprint density at radius 2 is 1.49 bits per heavy atom. The lowest BCUT2D eigenvalue weighted by atomic mass is 9.83. The van der Waals surface area contributed by atoms with Crippen LogP contribution in [0.1, 0.15) is 20.3 Å². The third-order valence-electron chi connectivity index (χ3n) is 7.35. The van der Waals surface area contributed by atoms with E-state index in [1.807, 2.05) is 0 Å². The molecule has 41 heavy (non-hydrogen) atoms. The van der Waals surface area contributed by atoms with Crippen molar-refractivity contribution in [3.8, 4) is 0 Å². The molecule has 2 fully saturated rings. The number of carboxylic acid groups (broad SMARTS) is 1. The third-order valence-corrected chi connectivity index (χ3v) is 7.35. The van der Waals surface area contributed by atoms with Crippen molar-refractivity contribution in [2.75, 3.05) is 19.8 Å². The minimum atomic E-state index is -1.68. The van der Waals surface area contributed by atoms with Crippen LogP contribution < -0.4 is 22.9 Å². The quantitative estimate of drug-likeness (QED) is 0.0939. The molecule has 2 saturated heterocycles. The summed E-state index contributed by atoms with van der Waals surface area (Å²) in [4.78, 5) is 39.0. The predicted octanol–water partition coefficient (Wildman–Crippen LogP) is -6.91. The van der Waals surface area contributed by atoms with Gasteiger partial charge in [-0.15, -0.1) is 0 Å².